The Morgan fingerprint density at radius 3 is 2.18 bits per heavy atom. The van der Waals surface area contributed by atoms with Gasteiger partial charge in [-0.2, -0.15) is 0 Å². The van der Waals surface area contributed by atoms with E-state index in [1.165, 1.54) is 25.5 Å². The van der Waals surface area contributed by atoms with Gasteiger partial charge in [-0.05, 0) is 64.8 Å². The van der Waals surface area contributed by atoms with Crippen LogP contribution < -0.4 is 5.32 Å². The van der Waals surface area contributed by atoms with Gasteiger partial charge in [0.2, 0.25) is 0 Å². The average molecular weight is 378 g/mol. The molecule has 148 valence electrons. The Kier molecular flexibility index (Phi) is 5.05. The maximum Gasteiger partial charge on any atom is 0.337 e. The first kappa shape index (κ1) is 19.2. The number of carbonyl (C=O) groups is 1. The van der Waals surface area contributed by atoms with Crippen molar-refractivity contribution in [3.63, 3.8) is 0 Å². The third-order valence-electron chi connectivity index (χ3n) is 7.52. The SMILES string of the molecule is COC(=O)c1ccc(-c2ccc(CN[C@H]3C[C@@H]4C[C@@H]([C@H]3C)C4(C)C)cc2)cc1. The van der Waals surface area contributed by atoms with Crippen LogP contribution >= 0.6 is 0 Å². The zero-order chi connectivity index (χ0) is 19.9. The zero-order valence-corrected chi connectivity index (χ0v) is 17.4. The standard InChI is InChI=1S/C25H31NO2/c1-16-22-13-21(25(22,2)3)14-23(16)26-15-17-5-7-18(8-6-17)19-9-11-20(12-10-19)24(27)28-4/h5-12,16,21-23,26H,13-15H2,1-4H3/t16-,21+,22+,23+/m1/s1. The molecule has 0 radical (unpaired) electrons. The molecule has 3 heteroatoms. The number of hydrogen-bond acceptors (Lipinski definition) is 3. The van der Waals surface area contributed by atoms with Crippen molar-refractivity contribution in [1.29, 1.82) is 0 Å². The number of hydrogen-bond donors (Lipinski definition) is 1. The molecule has 28 heavy (non-hydrogen) atoms. The molecule has 0 heterocycles. The van der Waals surface area contributed by atoms with Crippen molar-refractivity contribution in [3.05, 3.63) is 59.7 Å². The minimum Gasteiger partial charge on any atom is -0.465 e. The van der Waals surface area contributed by atoms with Gasteiger partial charge in [-0.15, -0.1) is 0 Å². The number of ether oxygens (including phenoxy) is 1. The maximum atomic E-state index is 11.6. The first-order chi connectivity index (χ1) is 13.4. The largest absolute Gasteiger partial charge is 0.465 e. The third kappa shape index (κ3) is 3.37. The first-order valence-corrected chi connectivity index (χ1v) is 10.4. The summed E-state index contributed by atoms with van der Waals surface area (Å²) in [5.74, 6) is 2.22. The Balaban J connectivity index is 1.36. The second kappa shape index (κ2) is 7.36. The van der Waals surface area contributed by atoms with Crippen molar-refractivity contribution in [2.75, 3.05) is 7.11 Å². The lowest BCUT2D eigenvalue weighted by Gasteiger charge is -2.62. The molecule has 2 bridgehead atoms. The molecule has 0 unspecified atom stereocenters. The van der Waals surface area contributed by atoms with E-state index in [1.54, 1.807) is 0 Å². The fourth-order valence-electron chi connectivity index (χ4n) is 5.40. The van der Waals surface area contributed by atoms with Crippen LogP contribution in [0.1, 0.15) is 49.5 Å². The second-order valence-electron chi connectivity index (χ2n) is 9.21. The zero-order valence-electron chi connectivity index (χ0n) is 17.4. The summed E-state index contributed by atoms with van der Waals surface area (Å²) in [6, 6.07) is 16.9. The van der Waals surface area contributed by atoms with Gasteiger partial charge in [0.1, 0.15) is 0 Å². The fourth-order valence-corrected chi connectivity index (χ4v) is 5.40. The molecule has 0 amide bonds. The Morgan fingerprint density at radius 1 is 1.04 bits per heavy atom. The predicted octanol–water partition coefficient (Wildman–Crippen LogP) is 5.30. The Hall–Kier alpha value is -2.13. The van der Waals surface area contributed by atoms with Gasteiger partial charge in [-0.1, -0.05) is 57.2 Å². The van der Waals surface area contributed by atoms with Crippen LogP contribution in [-0.4, -0.2) is 19.1 Å². The van der Waals surface area contributed by atoms with Crippen LogP contribution in [0.5, 0.6) is 0 Å². The van der Waals surface area contributed by atoms with E-state index in [1.807, 2.05) is 24.3 Å². The summed E-state index contributed by atoms with van der Waals surface area (Å²) >= 11 is 0. The highest BCUT2D eigenvalue weighted by molar-refractivity contribution is 5.89. The van der Waals surface area contributed by atoms with Crippen molar-refractivity contribution in [1.82, 2.24) is 5.32 Å². The van der Waals surface area contributed by atoms with E-state index in [0.29, 0.717) is 17.0 Å². The van der Waals surface area contributed by atoms with Crippen LogP contribution in [0.15, 0.2) is 48.5 Å². The molecule has 1 N–H and O–H groups in total. The number of fused-ring (bicyclic) bond motifs is 2. The molecule has 2 aromatic rings. The van der Waals surface area contributed by atoms with Crippen molar-refractivity contribution in [3.8, 4) is 11.1 Å². The molecule has 0 saturated heterocycles. The van der Waals surface area contributed by atoms with E-state index in [-0.39, 0.29) is 5.97 Å². The van der Waals surface area contributed by atoms with E-state index >= 15 is 0 Å². The highest BCUT2D eigenvalue weighted by atomic mass is 16.5. The van der Waals surface area contributed by atoms with Crippen molar-refractivity contribution < 1.29 is 9.53 Å². The highest BCUT2D eigenvalue weighted by Crippen LogP contribution is 2.61. The molecule has 0 aromatic heterocycles. The van der Waals surface area contributed by atoms with Crippen molar-refractivity contribution in [2.45, 2.75) is 46.2 Å². The van der Waals surface area contributed by atoms with E-state index in [4.69, 9.17) is 4.74 Å². The van der Waals surface area contributed by atoms with Gasteiger partial charge in [0.25, 0.3) is 0 Å². The molecule has 4 atom stereocenters. The molecule has 3 nitrogen and oxygen atoms in total. The van der Waals surface area contributed by atoms with Gasteiger partial charge >= 0.3 is 5.97 Å². The monoisotopic (exact) mass is 377 g/mol. The normalized spacial score (nSPS) is 27.7. The third-order valence-corrected chi connectivity index (χ3v) is 7.52. The maximum absolute atomic E-state index is 11.6. The van der Waals surface area contributed by atoms with Crippen LogP contribution in [0.3, 0.4) is 0 Å². The van der Waals surface area contributed by atoms with Crippen LogP contribution in [-0.2, 0) is 11.3 Å². The topological polar surface area (TPSA) is 38.3 Å². The smallest absolute Gasteiger partial charge is 0.337 e. The minimum absolute atomic E-state index is 0.300. The average Bonchev–Trinajstić information content (AvgIpc) is 2.72. The first-order valence-electron chi connectivity index (χ1n) is 10.4. The number of rotatable bonds is 5. The molecule has 3 aliphatic rings. The van der Waals surface area contributed by atoms with E-state index in [2.05, 4.69) is 50.4 Å². The minimum atomic E-state index is -0.300. The van der Waals surface area contributed by atoms with Gasteiger partial charge in [0.15, 0.2) is 0 Å². The van der Waals surface area contributed by atoms with Crippen LogP contribution in [0, 0.1) is 23.2 Å². The van der Waals surface area contributed by atoms with Gasteiger partial charge in [0, 0.05) is 12.6 Å². The number of esters is 1. The van der Waals surface area contributed by atoms with Gasteiger partial charge in [-0.25, -0.2) is 4.79 Å². The predicted molar refractivity (Wildman–Crippen MR) is 113 cm³/mol. The lowest BCUT2D eigenvalue weighted by atomic mass is 9.45. The quantitative estimate of drug-likeness (QED) is 0.719. The Bertz CT molecular complexity index is 838. The summed E-state index contributed by atoms with van der Waals surface area (Å²) in [6.07, 6.45) is 2.74. The van der Waals surface area contributed by atoms with Crippen LogP contribution in [0.4, 0.5) is 0 Å². The lowest BCUT2D eigenvalue weighted by molar-refractivity contribution is -0.115. The van der Waals surface area contributed by atoms with Gasteiger partial charge in [-0.3, -0.25) is 0 Å². The van der Waals surface area contributed by atoms with Crippen LogP contribution in [0.25, 0.3) is 11.1 Å². The number of benzene rings is 2. The van der Waals surface area contributed by atoms with Crippen LogP contribution in [0.2, 0.25) is 0 Å². The number of nitrogens with one attached hydrogen (secondary N) is 1. The summed E-state index contributed by atoms with van der Waals surface area (Å²) in [5.41, 5.74) is 4.71. The van der Waals surface area contributed by atoms with Gasteiger partial charge in [0.05, 0.1) is 12.7 Å². The van der Waals surface area contributed by atoms with Gasteiger partial charge < -0.3 is 10.1 Å². The summed E-state index contributed by atoms with van der Waals surface area (Å²) in [7, 11) is 1.40. The summed E-state index contributed by atoms with van der Waals surface area (Å²) < 4.78 is 4.76. The number of carbonyl (C=O) groups excluding carboxylic acids is 1. The lowest BCUT2D eigenvalue weighted by Crippen LogP contribution is -2.59. The van der Waals surface area contributed by atoms with Crippen molar-refractivity contribution >= 4 is 5.97 Å². The number of methoxy groups -OCH3 is 1. The van der Waals surface area contributed by atoms with E-state index < -0.39 is 0 Å². The molecule has 2 aromatic carbocycles. The summed E-state index contributed by atoms with van der Waals surface area (Å²) in [6.45, 7) is 8.26. The molecule has 0 aliphatic heterocycles. The molecule has 3 saturated carbocycles. The second-order valence-corrected chi connectivity index (χ2v) is 9.21. The molecule has 3 aliphatic carbocycles. The fraction of sp³-hybridized carbons (Fsp3) is 0.480. The van der Waals surface area contributed by atoms with Crippen molar-refractivity contribution in [2.24, 2.45) is 23.2 Å². The highest BCUT2D eigenvalue weighted by Gasteiger charge is 2.55. The Labute approximate surface area is 168 Å². The summed E-state index contributed by atoms with van der Waals surface area (Å²) in [4.78, 5) is 11.6. The summed E-state index contributed by atoms with van der Waals surface area (Å²) in [5, 5.41) is 3.82. The van der Waals surface area contributed by atoms with E-state index in [0.717, 1.165) is 35.4 Å². The Morgan fingerprint density at radius 2 is 1.64 bits per heavy atom. The molecular weight excluding hydrogens is 346 g/mol. The molecule has 0 spiro atoms. The van der Waals surface area contributed by atoms with E-state index in [9.17, 15) is 4.79 Å². The molecule has 5 rings (SSSR count). The molecule has 3 fully saturated rings. The molecular formula is C25H31NO2.